The second-order valence-corrected chi connectivity index (χ2v) is 13.0. The smallest absolute Gasteiger partial charge is 0.308 e. The molecule has 0 aliphatic carbocycles. The van der Waals surface area contributed by atoms with Crippen molar-refractivity contribution < 1.29 is 17.9 Å². The van der Waals surface area contributed by atoms with Gasteiger partial charge in [-0.15, -0.1) is 0 Å². The zero-order valence-electron chi connectivity index (χ0n) is 21.6. The molecular formula is C28H29N3O5S2. The van der Waals surface area contributed by atoms with E-state index in [0.29, 0.717) is 23.7 Å². The molecular weight excluding hydrogens is 522 g/mol. The van der Waals surface area contributed by atoms with Crippen LogP contribution < -0.4 is 19.2 Å². The quantitative estimate of drug-likeness (QED) is 0.378. The number of nitrogens with one attached hydrogen (secondary N) is 1. The third kappa shape index (κ3) is 4.69. The Kier molecular flexibility index (Phi) is 6.56. The van der Waals surface area contributed by atoms with Gasteiger partial charge in [-0.2, -0.15) is 0 Å². The minimum absolute atomic E-state index is 0.0606. The van der Waals surface area contributed by atoms with E-state index >= 15 is 0 Å². The van der Waals surface area contributed by atoms with Crippen LogP contribution in [0.3, 0.4) is 0 Å². The molecule has 0 bridgehead atoms. The number of carbonyl (C=O) groups excluding carboxylic acids is 1. The number of aromatic nitrogens is 1. The maximum atomic E-state index is 13.8. The topological polar surface area (TPSA) is 97.7 Å². The van der Waals surface area contributed by atoms with Crippen LogP contribution in [0.5, 0.6) is 5.75 Å². The molecule has 1 amide bonds. The molecule has 5 rings (SSSR count). The second-order valence-electron chi connectivity index (χ2n) is 10.2. The van der Waals surface area contributed by atoms with Gasteiger partial charge in [-0.3, -0.25) is 18.5 Å². The number of carbonyl (C=O) groups is 1. The summed E-state index contributed by atoms with van der Waals surface area (Å²) in [6.45, 7) is 8.42. The lowest BCUT2D eigenvalue weighted by atomic mass is 9.86. The molecule has 2 heterocycles. The number of sulfonamides is 1. The SMILES string of the molecule is CCn1c(=O)sc2cc(NC(=O)[C@@H]3CN(S(=O)(=O)c4ccccc4)c4cc(C(C)(C)C)ccc4O3)ccc21. The lowest BCUT2D eigenvalue weighted by molar-refractivity contribution is -0.122. The molecule has 1 aromatic heterocycles. The predicted molar refractivity (Wildman–Crippen MR) is 151 cm³/mol. The van der Waals surface area contributed by atoms with Crippen LogP contribution in [-0.4, -0.2) is 31.5 Å². The Morgan fingerprint density at radius 2 is 1.82 bits per heavy atom. The molecule has 1 atom stereocenters. The summed E-state index contributed by atoms with van der Waals surface area (Å²) in [6.07, 6.45) is -1.09. The van der Waals surface area contributed by atoms with E-state index in [-0.39, 0.29) is 21.7 Å². The summed E-state index contributed by atoms with van der Waals surface area (Å²) in [5.41, 5.74) is 2.44. The maximum Gasteiger partial charge on any atom is 0.308 e. The number of benzene rings is 3. The summed E-state index contributed by atoms with van der Waals surface area (Å²) in [5.74, 6) is -0.164. The van der Waals surface area contributed by atoms with Crippen molar-refractivity contribution in [3.63, 3.8) is 0 Å². The Morgan fingerprint density at radius 3 is 2.50 bits per heavy atom. The molecule has 0 fully saturated rings. The molecule has 0 spiro atoms. The van der Waals surface area contributed by atoms with E-state index in [0.717, 1.165) is 27.1 Å². The highest BCUT2D eigenvalue weighted by Gasteiger charge is 2.38. The summed E-state index contributed by atoms with van der Waals surface area (Å²) < 4.78 is 37.3. The molecule has 3 aromatic carbocycles. The third-order valence-electron chi connectivity index (χ3n) is 6.57. The Hall–Kier alpha value is -3.63. The zero-order chi connectivity index (χ0) is 27.2. The lowest BCUT2D eigenvalue weighted by Gasteiger charge is -2.36. The van der Waals surface area contributed by atoms with Gasteiger partial charge in [0.2, 0.25) is 0 Å². The fourth-order valence-corrected chi connectivity index (χ4v) is 6.95. The largest absolute Gasteiger partial charge is 0.476 e. The van der Waals surface area contributed by atoms with Gasteiger partial charge in [0.25, 0.3) is 15.9 Å². The van der Waals surface area contributed by atoms with Gasteiger partial charge in [0.1, 0.15) is 5.75 Å². The van der Waals surface area contributed by atoms with Crippen molar-refractivity contribution in [1.82, 2.24) is 4.57 Å². The molecule has 10 heteroatoms. The van der Waals surface area contributed by atoms with E-state index in [9.17, 15) is 18.0 Å². The average Bonchev–Trinajstić information content (AvgIpc) is 3.21. The van der Waals surface area contributed by atoms with Gasteiger partial charge in [-0.1, -0.05) is 56.4 Å². The maximum absolute atomic E-state index is 13.8. The van der Waals surface area contributed by atoms with Crippen molar-refractivity contribution in [1.29, 1.82) is 0 Å². The van der Waals surface area contributed by atoms with E-state index in [4.69, 9.17) is 4.74 Å². The van der Waals surface area contributed by atoms with Crippen molar-refractivity contribution in [3.05, 3.63) is 82.0 Å². The average molecular weight is 552 g/mol. The van der Waals surface area contributed by atoms with Crippen LogP contribution >= 0.6 is 11.3 Å². The van der Waals surface area contributed by atoms with E-state index in [2.05, 4.69) is 5.32 Å². The molecule has 4 aromatic rings. The van der Waals surface area contributed by atoms with Gasteiger partial charge >= 0.3 is 4.87 Å². The molecule has 0 radical (unpaired) electrons. The van der Waals surface area contributed by atoms with Gasteiger partial charge < -0.3 is 10.1 Å². The number of amides is 1. The predicted octanol–water partition coefficient (Wildman–Crippen LogP) is 4.98. The molecule has 198 valence electrons. The van der Waals surface area contributed by atoms with Crippen molar-refractivity contribution in [2.75, 3.05) is 16.2 Å². The van der Waals surface area contributed by atoms with Crippen LogP contribution in [0.15, 0.2) is 76.4 Å². The normalized spacial score (nSPS) is 15.7. The van der Waals surface area contributed by atoms with Gasteiger partial charge in [0.05, 0.1) is 27.3 Å². The van der Waals surface area contributed by atoms with Crippen LogP contribution in [0, 0.1) is 0 Å². The van der Waals surface area contributed by atoms with Crippen molar-refractivity contribution in [3.8, 4) is 5.75 Å². The lowest BCUT2D eigenvalue weighted by Crippen LogP contribution is -2.49. The Balaban J connectivity index is 1.50. The highest BCUT2D eigenvalue weighted by molar-refractivity contribution is 7.92. The number of aryl methyl sites for hydroxylation is 1. The first kappa shape index (κ1) is 26.0. The first-order valence-corrected chi connectivity index (χ1v) is 14.6. The van der Waals surface area contributed by atoms with Crippen LogP contribution in [0.2, 0.25) is 0 Å². The second kappa shape index (κ2) is 9.59. The summed E-state index contributed by atoms with van der Waals surface area (Å²) in [5, 5.41) is 2.84. The molecule has 38 heavy (non-hydrogen) atoms. The van der Waals surface area contributed by atoms with E-state index in [1.165, 1.54) is 16.4 Å². The van der Waals surface area contributed by atoms with Gasteiger partial charge in [-0.05, 0) is 60.4 Å². The first-order chi connectivity index (χ1) is 18.0. The van der Waals surface area contributed by atoms with Crippen LogP contribution in [0.1, 0.15) is 33.3 Å². The number of fused-ring (bicyclic) bond motifs is 2. The molecule has 1 aliphatic heterocycles. The monoisotopic (exact) mass is 551 g/mol. The number of nitrogens with zero attached hydrogens (tertiary/aromatic N) is 2. The van der Waals surface area contributed by atoms with Gasteiger partial charge in [-0.25, -0.2) is 8.42 Å². The number of ether oxygens (including phenoxy) is 1. The van der Waals surface area contributed by atoms with Gasteiger partial charge in [0.15, 0.2) is 6.10 Å². The standard InChI is InChI=1S/C28H29N3O5S2/c1-5-30-21-13-12-19(16-25(21)37-27(30)33)29-26(32)24-17-31(38(34,35)20-9-7-6-8-10-20)22-15-18(28(2,3)4)11-14-23(22)36-24/h6-16,24H,5,17H2,1-4H3,(H,29,32)/t24-/m0/s1. The number of anilines is 2. The van der Waals surface area contributed by atoms with Crippen molar-refractivity contribution >= 4 is 48.9 Å². The first-order valence-electron chi connectivity index (χ1n) is 12.3. The molecule has 8 nitrogen and oxygen atoms in total. The zero-order valence-corrected chi connectivity index (χ0v) is 23.2. The Morgan fingerprint density at radius 1 is 1.08 bits per heavy atom. The summed E-state index contributed by atoms with van der Waals surface area (Å²) >= 11 is 1.11. The molecule has 0 saturated heterocycles. The summed E-state index contributed by atoms with van der Waals surface area (Å²) in [4.78, 5) is 25.6. The Labute approximate surface area is 225 Å². The van der Waals surface area contributed by atoms with Crippen molar-refractivity contribution in [2.45, 2.75) is 50.7 Å². The molecule has 0 saturated carbocycles. The third-order valence-corrected chi connectivity index (χ3v) is 9.31. The fraction of sp³-hybridized carbons (Fsp3) is 0.286. The number of thiazole rings is 1. The van der Waals surface area contributed by atoms with Crippen LogP contribution in [0.25, 0.3) is 10.2 Å². The van der Waals surface area contributed by atoms with E-state index in [1.807, 2.05) is 39.8 Å². The summed E-state index contributed by atoms with van der Waals surface area (Å²) in [7, 11) is -3.97. The number of hydrogen-bond acceptors (Lipinski definition) is 6. The molecule has 1 N–H and O–H groups in total. The number of hydrogen-bond donors (Lipinski definition) is 1. The summed E-state index contributed by atoms with van der Waals surface area (Å²) in [6, 6.07) is 18.9. The number of rotatable bonds is 5. The fourth-order valence-electron chi connectivity index (χ4n) is 4.47. The minimum Gasteiger partial charge on any atom is -0.476 e. The van der Waals surface area contributed by atoms with Crippen LogP contribution in [-0.2, 0) is 26.8 Å². The van der Waals surface area contributed by atoms with E-state index in [1.54, 1.807) is 47.0 Å². The highest BCUT2D eigenvalue weighted by Crippen LogP contribution is 2.40. The molecule has 1 aliphatic rings. The van der Waals surface area contributed by atoms with Crippen molar-refractivity contribution in [2.24, 2.45) is 0 Å². The van der Waals surface area contributed by atoms with Crippen LogP contribution in [0.4, 0.5) is 11.4 Å². The van der Waals surface area contributed by atoms with E-state index < -0.39 is 22.0 Å². The minimum atomic E-state index is -3.97. The molecule has 0 unspecified atom stereocenters. The van der Waals surface area contributed by atoms with Gasteiger partial charge in [0, 0.05) is 12.2 Å². The Bertz CT molecular complexity index is 1690. The highest BCUT2D eigenvalue weighted by atomic mass is 32.2.